The standard InChI is InChI=1S/C17H20ClN5OS/c18-13-2-1-3-15(10-13)21-6-8-22(9-7-21)16(24)11-25-17-20-19-12-23(17)14-4-5-14/h1-3,10,12,14H,4-9,11H2. The molecule has 25 heavy (non-hydrogen) atoms. The molecule has 132 valence electrons. The molecule has 2 fully saturated rings. The van der Waals surface area contributed by atoms with E-state index in [9.17, 15) is 4.79 Å². The van der Waals surface area contributed by atoms with Crippen LogP contribution < -0.4 is 4.90 Å². The zero-order chi connectivity index (χ0) is 17.2. The van der Waals surface area contributed by atoms with Crippen LogP contribution in [0.3, 0.4) is 0 Å². The van der Waals surface area contributed by atoms with Crippen molar-refractivity contribution in [1.29, 1.82) is 0 Å². The highest BCUT2D eigenvalue weighted by molar-refractivity contribution is 7.99. The molecule has 4 rings (SSSR count). The van der Waals surface area contributed by atoms with Gasteiger partial charge in [-0.2, -0.15) is 0 Å². The zero-order valence-electron chi connectivity index (χ0n) is 13.8. The van der Waals surface area contributed by atoms with Crippen LogP contribution in [0.15, 0.2) is 35.7 Å². The van der Waals surface area contributed by atoms with Gasteiger partial charge in [0.05, 0.1) is 5.75 Å². The quantitative estimate of drug-likeness (QED) is 0.750. The minimum atomic E-state index is 0.168. The summed E-state index contributed by atoms with van der Waals surface area (Å²) in [6.07, 6.45) is 4.14. The molecular weight excluding hydrogens is 358 g/mol. The first-order valence-corrected chi connectivity index (χ1v) is 9.87. The van der Waals surface area contributed by atoms with Gasteiger partial charge >= 0.3 is 0 Å². The smallest absolute Gasteiger partial charge is 0.233 e. The molecule has 8 heteroatoms. The summed E-state index contributed by atoms with van der Waals surface area (Å²) in [6, 6.07) is 8.40. The number of benzene rings is 1. The largest absolute Gasteiger partial charge is 0.368 e. The van der Waals surface area contributed by atoms with Gasteiger partial charge in [-0.15, -0.1) is 10.2 Å². The molecule has 0 atom stereocenters. The molecule has 1 aliphatic heterocycles. The van der Waals surface area contributed by atoms with Crippen molar-refractivity contribution in [3.63, 3.8) is 0 Å². The van der Waals surface area contributed by atoms with Crippen LogP contribution in [0.5, 0.6) is 0 Å². The predicted octanol–water partition coefficient (Wildman–Crippen LogP) is 2.71. The van der Waals surface area contributed by atoms with Gasteiger partial charge in [0.15, 0.2) is 5.16 Å². The normalized spacial score (nSPS) is 17.8. The molecule has 0 N–H and O–H groups in total. The molecule has 1 saturated heterocycles. The number of rotatable bonds is 5. The van der Waals surface area contributed by atoms with Crippen molar-refractivity contribution in [1.82, 2.24) is 19.7 Å². The van der Waals surface area contributed by atoms with Gasteiger partial charge in [0, 0.05) is 42.9 Å². The molecule has 1 aliphatic carbocycles. The van der Waals surface area contributed by atoms with E-state index >= 15 is 0 Å². The van der Waals surface area contributed by atoms with E-state index in [1.807, 2.05) is 23.1 Å². The van der Waals surface area contributed by atoms with Crippen LogP contribution in [0.1, 0.15) is 18.9 Å². The second-order valence-corrected chi connectivity index (χ2v) is 7.77. The maximum atomic E-state index is 12.5. The highest BCUT2D eigenvalue weighted by Gasteiger charge is 2.27. The molecule has 1 aromatic heterocycles. The van der Waals surface area contributed by atoms with Crippen LogP contribution in [0, 0.1) is 0 Å². The Morgan fingerprint density at radius 1 is 1.24 bits per heavy atom. The zero-order valence-corrected chi connectivity index (χ0v) is 15.4. The third kappa shape index (κ3) is 3.93. The number of nitrogens with zero attached hydrogens (tertiary/aromatic N) is 5. The number of amides is 1. The summed E-state index contributed by atoms with van der Waals surface area (Å²) < 4.78 is 2.09. The topological polar surface area (TPSA) is 54.3 Å². The second-order valence-electron chi connectivity index (χ2n) is 6.39. The van der Waals surface area contributed by atoms with E-state index in [1.165, 1.54) is 24.6 Å². The highest BCUT2D eigenvalue weighted by Crippen LogP contribution is 2.37. The molecule has 0 bridgehead atoms. The molecule has 2 heterocycles. The first-order valence-electron chi connectivity index (χ1n) is 8.51. The van der Waals surface area contributed by atoms with E-state index < -0.39 is 0 Å². The number of aromatic nitrogens is 3. The molecule has 1 aromatic carbocycles. The Labute approximate surface area is 156 Å². The molecule has 0 spiro atoms. The van der Waals surface area contributed by atoms with Crippen LogP contribution in [0.2, 0.25) is 5.02 Å². The van der Waals surface area contributed by atoms with E-state index in [4.69, 9.17) is 11.6 Å². The molecule has 1 saturated carbocycles. The van der Waals surface area contributed by atoms with Crippen molar-refractivity contribution >= 4 is 35.0 Å². The van der Waals surface area contributed by atoms with Gasteiger partial charge in [-0.1, -0.05) is 29.4 Å². The van der Waals surface area contributed by atoms with E-state index in [2.05, 4.69) is 25.7 Å². The molecule has 0 unspecified atom stereocenters. The maximum absolute atomic E-state index is 12.5. The predicted molar refractivity (Wildman–Crippen MR) is 99.3 cm³/mol. The Balaban J connectivity index is 1.28. The van der Waals surface area contributed by atoms with E-state index in [0.717, 1.165) is 42.0 Å². The van der Waals surface area contributed by atoms with Gasteiger partial charge in [0.1, 0.15) is 6.33 Å². The summed E-state index contributed by atoms with van der Waals surface area (Å²) in [4.78, 5) is 16.7. The Morgan fingerprint density at radius 3 is 2.76 bits per heavy atom. The Bertz CT molecular complexity index is 755. The van der Waals surface area contributed by atoms with Gasteiger partial charge < -0.3 is 14.4 Å². The van der Waals surface area contributed by atoms with Gasteiger partial charge in [-0.05, 0) is 31.0 Å². The SMILES string of the molecule is O=C(CSc1nncn1C1CC1)N1CCN(c2cccc(Cl)c2)CC1. The summed E-state index contributed by atoms with van der Waals surface area (Å²) in [5.41, 5.74) is 1.12. The van der Waals surface area contributed by atoms with Crippen molar-refractivity contribution in [3.05, 3.63) is 35.6 Å². The molecule has 2 aliphatic rings. The van der Waals surface area contributed by atoms with Crippen molar-refractivity contribution < 1.29 is 4.79 Å². The van der Waals surface area contributed by atoms with Gasteiger partial charge in [-0.3, -0.25) is 4.79 Å². The molecule has 0 radical (unpaired) electrons. The first kappa shape index (κ1) is 16.7. The average Bonchev–Trinajstić information content (AvgIpc) is 3.38. The lowest BCUT2D eigenvalue weighted by Gasteiger charge is -2.36. The van der Waals surface area contributed by atoms with Gasteiger partial charge in [-0.25, -0.2) is 0 Å². The van der Waals surface area contributed by atoms with Crippen LogP contribution in [0.4, 0.5) is 5.69 Å². The summed E-state index contributed by atoms with van der Waals surface area (Å²) in [5.74, 6) is 0.587. The minimum Gasteiger partial charge on any atom is -0.368 e. The van der Waals surface area contributed by atoms with Crippen molar-refractivity contribution in [3.8, 4) is 0 Å². The molecular formula is C17H20ClN5OS. The fourth-order valence-corrected chi connectivity index (χ4v) is 4.11. The van der Waals surface area contributed by atoms with Crippen molar-refractivity contribution in [2.75, 3.05) is 36.8 Å². The van der Waals surface area contributed by atoms with Gasteiger partial charge in [0.2, 0.25) is 5.91 Å². The van der Waals surface area contributed by atoms with E-state index in [1.54, 1.807) is 6.33 Å². The number of hydrogen-bond donors (Lipinski definition) is 0. The van der Waals surface area contributed by atoms with Crippen LogP contribution in [0.25, 0.3) is 0 Å². The Kier molecular flexibility index (Phi) is 4.85. The first-order chi connectivity index (χ1) is 12.2. The van der Waals surface area contributed by atoms with Crippen LogP contribution in [-0.2, 0) is 4.79 Å². The average molecular weight is 378 g/mol. The van der Waals surface area contributed by atoms with E-state index in [-0.39, 0.29) is 5.91 Å². The maximum Gasteiger partial charge on any atom is 0.233 e. The third-order valence-electron chi connectivity index (χ3n) is 4.61. The summed E-state index contributed by atoms with van der Waals surface area (Å²) in [6.45, 7) is 3.13. The number of halogens is 1. The number of carbonyl (C=O) groups excluding carboxylic acids is 1. The van der Waals surface area contributed by atoms with Gasteiger partial charge in [0.25, 0.3) is 0 Å². The highest BCUT2D eigenvalue weighted by atomic mass is 35.5. The number of carbonyl (C=O) groups is 1. The third-order valence-corrected chi connectivity index (χ3v) is 5.79. The second kappa shape index (κ2) is 7.25. The minimum absolute atomic E-state index is 0.168. The fraction of sp³-hybridized carbons (Fsp3) is 0.471. The Hall–Kier alpha value is -1.73. The lowest BCUT2D eigenvalue weighted by molar-refractivity contribution is -0.128. The number of thioether (sulfide) groups is 1. The number of hydrogen-bond acceptors (Lipinski definition) is 5. The monoisotopic (exact) mass is 377 g/mol. The number of anilines is 1. The summed E-state index contributed by atoms with van der Waals surface area (Å²) >= 11 is 7.56. The summed E-state index contributed by atoms with van der Waals surface area (Å²) in [7, 11) is 0. The van der Waals surface area contributed by atoms with Crippen molar-refractivity contribution in [2.45, 2.75) is 24.0 Å². The molecule has 6 nitrogen and oxygen atoms in total. The fourth-order valence-electron chi connectivity index (χ4n) is 3.04. The van der Waals surface area contributed by atoms with Crippen molar-refractivity contribution in [2.24, 2.45) is 0 Å². The number of piperazine rings is 1. The Morgan fingerprint density at radius 2 is 2.04 bits per heavy atom. The van der Waals surface area contributed by atoms with E-state index in [0.29, 0.717) is 11.8 Å². The lowest BCUT2D eigenvalue weighted by atomic mass is 10.2. The molecule has 2 aromatic rings. The van der Waals surface area contributed by atoms with Crippen LogP contribution >= 0.6 is 23.4 Å². The van der Waals surface area contributed by atoms with Crippen LogP contribution in [-0.4, -0.2) is 57.5 Å². The summed E-state index contributed by atoms with van der Waals surface area (Å²) in [5, 5.41) is 9.71. The molecule has 1 amide bonds. The lowest BCUT2D eigenvalue weighted by Crippen LogP contribution is -2.49.